The Labute approximate surface area is 359 Å². The van der Waals surface area contributed by atoms with Crippen molar-refractivity contribution in [2.75, 3.05) is 0 Å². The molecule has 0 radical (unpaired) electrons. The Hall–Kier alpha value is -8.48. The Morgan fingerprint density at radius 3 is 1.06 bits per heavy atom. The van der Waals surface area contributed by atoms with Crippen LogP contribution in [0.25, 0.3) is 112 Å². The van der Waals surface area contributed by atoms with Crippen molar-refractivity contribution in [1.82, 2.24) is 29.9 Å². The van der Waals surface area contributed by atoms with Crippen molar-refractivity contribution >= 4 is 21.5 Å². The van der Waals surface area contributed by atoms with Gasteiger partial charge in [0.1, 0.15) is 0 Å². The second kappa shape index (κ2) is 15.9. The van der Waals surface area contributed by atoms with E-state index in [0.29, 0.717) is 34.9 Å². The van der Waals surface area contributed by atoms with Crippen LogP contribution in [0.4, 0.5) is 0 Å². The zero-order valence-corrected chi connectivity index (χ0v) is 33.5. The van der Waals surface area contributed by atoms with Gasteiger partial charge in [-0.25, -0.2) is 29.9 Å². The van der Waals surface area contributed by atoms with E-state index in [9.17, 15) is 0 Å². The number of nitrogens with zero attached hydrogens (tertiary/aromatic N) is 6. The lowest BCUT2D eigenvalue weighted by atomic mass is 9.94. The van der Waals surface area contributed by atoms with Gasteiger partial charge < -0.3 is 0 Å². The van der Waals surface area contributed by atoms with Crippen LogP contribution in [0.3, 0.4) is 0 Å². The molecule has 62 heavy (non-hydrogen) atoms. The Morgan fingerprint density at radius 2 is 0.548 bits per heavy atom. The molecule has 0 saturated heterocycles. The zero-order valence-electron chi connectivity index (χ0n) is 33.5. The minimum atomic E-state index is 0.627. The summed E-state index contributed by atoms with van der Waals surface area (Å²) in [6.45, 7) is 0. The molecule has 0 bridgehead atoms. The van der Waals surface area contributed by atoms with E-state index in [1.165, 1.54) is 10.8 Å². The minimum Gasteiger partial charge on any atom is -0.208 e. The van der Waals surface area contributed by atoms with Crippen LogP contribution in [0.15, 0.2) is 218 Å². The first-order valence-corrected chi connectivity index (χ1v) is 20.6. The maximum atomic E-state index is 5.07. The lowest BCUT2D eigenvalue weighted by Gasteiger charge is -2.12. The van der Waals surface area contributed by atoms with E-state index in [2.05, 4.69) is 127 Å². The number of hydrogen-bond acceptors (Lipinski definition) is 6. The first-order chi connectivity index (χ1) is 30.7. The molecule has 0 aliphatic rings. The third-order valence-corrected chi connectivity index (χ3v) is 11.2. The van der Waals surface area contributed by atoms with Gasteiger partial charge in [0.2, 0.25) is 0 Å². The smallest absolute Gasteiger partial charge is 0.164 e. The summed E-state index contributed by atoms with van der Waals surface area (Å²) in [5, 5.41) is 4.59. The molecular formula is C56H36N6. The van der Waals surface area contributed by atoms with E-state index in [4.69, 9.17) is 29.9 Å². The molecule has 11 aromatic rings. The number of rotatable bonds is 8. The van der Waals surface area contributed by atoms with Crippen LogP contribution in [-0.2, 0) is 0 Å². The summed E-state index contributed by atoms with van der Waals surface area (Å²) in [7, 11) is 0. The summed E-state index contributed by atoms with van der Waals surface area (Å²) < 4.78 is 0. The van der Waals surface area contributed by atoms with Crippen LogP contribution < -0.4 is 0 Å². The molecule has 290 valence electrons. The maximum Gasteiger partial charge on any atom is 0.164 e. The fourth-order valence-electron chi connectivity index (χ4n) is 8.01. The largest absolute Gasteiger partial charge is 0.208 e. The van der Waals surface area contributed by atoms with Crippen LogP contribution in [0.2, 0.25) is 0 Å². The molecule has 0 amide bonds. The van der Waals surface area contributed by atoms with Gasteiger partial charge in [0.15, 0.2) is 34.9 Å². The summed E-state index contributed by atoms with van der Waals surface area (Å²) >= 11 is 0. The van der Waals surface area contributed by atoms with E-state index in [0.717, 1.165) is 66.4 Å². The number of hydrogen-bond donors (Lipinski definition) is 0. The SMILES string of the molecule is c1ccc(-c2nc(-c3ccccc3)nc(-c3ccc(-c4cccc5ccc(-c6ccc(-c7nc(-c8ccccc8)nc(-c8cccc9ccccc89)n7)cc6)cc45)cc3)n2)cc1. The average molecular weight is 793 g/mol. The highest BCUT2D eigenvalue weighted by atomic mass is 15.0. The predicted octanol–water partition coefficient (Wildman–Crippen LogP) is 13.7. The molecule has 6 nitrogen and oxygen atoms in total. The van der Waals surface area contributed by atoms with Crippen molar-refractivity contribution in [2.45, 2.75) is 0 Å². The van der Waals surface area contributed by atoms with Crippen LogP contribution in [0.1, 0.15) is 0 Å². The van der Waals surface area contributed by atoms with Crippen molar-refractivity contribution in [1.29, 1.82) is 0 Å². The van der Waals surface area contributed by atoms with Gasteiger partial charge in [-0.15, -0.1) is 0 Å². The molecule has 0 N–H and O–H groups in total. The third kappa shape index (κ3) is 7.16. The fourth-order valence-corrected chi connectivity index (χ4v) is 8.01. The highest BCUT2D eigenvalue weighted by Crippen LogP contribution is 2.35. The number of fused-ring (bicyclic) bond motifs is 2. The second-order valence-electron chi connectivity index (χ2n) is 15.1. The summed E-state index contributed by atoms with van der Waals surface area (Å²) in [5.74, 6) is 3.83. The molecule has 0 spiro atoms. The maximum absolute atomic E-state index is 5.07. The predicted molar refractivity (Wildman–Crippen MR) is 252 cm³/mol. The van der Waals surface area contributed by atoms with Crippen molar-refractivity contribution in [3.8, 4) is 90.6 Å². The fraction of sp³-hybridized carbons (Fsp3) is 0. The lowest BCUT2D eigenvalue weighted by molar-refractivity contribution is 1.07. The molecule has 2 heterocycles. The van der Waals surface area contributed by atoms with E-state index in [-0.39, 0.29) is 0 Å². The van der Waals surface area contributed by atoms with Crippen LogP contribution in [0.5, 0.6) is 0 Å². The summed E-state index contributed by atoms with van der Waals surface area (Å²) in [4.78, 5) is 29.8. The Kier molecular flexibility index (Phi) is 9.41. The second-order valence-corrected chi connectivity index (χ2v) is 15.1. The Balaban J connectivity index is 0.929. The molecule has 0 fully saturated rings. The van der Waals surface area contributed by atoms with E-state index in [1.807, 2.05) is 91.0 Å². The molecule has 0 aliphatic heterocycles. The van der Waals surface area contributed by atoms with Crippen molar-refractivity contribution in [3.05, 3.63) is 218 Å². The topological polar surface area (TPSA) is 77.3 Å². The molecular weight excluding hydrogens is 757 g/mol. The molecule has 6 heteroatoms. The molecule has 0 atom stereocenters. The van der Waals surface area contributed by atoms with Crippen molar-refractivity contribution < 1.29 is 0 Å². The van der Waals surface area contributed by atoms with Crippen LogP contribution in [0, 0.1) is 0 Å². The highest BCUT2D eigenvalue weighted by Gasteiger charge is 2.16. The molecule has 11 rings (SSSR count). The van der Waals surface area contributed by atoms with Gasteiger partial charge in [-0.2, -0.15) is 0 Å². The van der Waals surface area contributed by atoms with Gasteiger partial charge in [-0.3, -0.25) is 0 Å². The molecule has 0 unspecified atom stereocenters. The quantitative estimate of drug-likeness (QED) is 0.152. The van der Waals surface area contributed by atoms with Crippen LogP contribution in [-0.4, -0.2) is 29.9 Å². The average Bonchev–Trinajstić information content (AvgIpc) is 3.36. The summed E-state index contributed by atoms with van der Waals surface area (Å²) in [6, 6.07) is 75.0. The monoisotopic (exact) mass is 792 g/mol. The first-order valence-electron chi connectivity index (χ1n) is 20.6. The normalized spacial score (nSPS) is 11.2. The van der Waals surface area contributed by atoms with E-state index >= 15 is 0 Å². The molecule has 0 saturated carbocycles. The van der Waals surface area contributed by atoms with Gasteiger partial charge in [0, 0.05) is 33.4 Å². The zero-order chi connectivity index (χ0) is 41.2. The van der Waals surface area contributed by atoms with Crippen molar-refractivity contribution in [3.63, 3.8) is 0 Å². The van der Waals surface area contributed by atoms with Gasteiger partial charge in [0.05, 0.1) is 0 Å². The van der Waals surface area contributed by atoms with Gasteiger partial charge in [-0.05, 0) is 49.9 Å². The third-order valence-electron chi connectivity index (χ3n) is 11.2. The number of aromatic nitrogens is 6. The minimum absolute atomic E-state index is 0.627. The Morgan fingerprint density at radius 1 is 0.194 bits per heavy atom. The van der Waals surface area contributed by atoms with Gasteiger partial charge in [-0.1, -0.05) is 212 Å². The summed E-state index contributed by atoms with van der Waals surface area (Å²) in [6.07, 6.45) is 0. The lowest BCUT2D eigenvalue weighted by Crippen LogP contribution is -2.00. The van der Waals surface area contributed by atoms with Crippen molar-refractivity contribution in [2.24, 2.45) is 0 Å². The first kappa shape index (κ1) is 36.6. The highest BCUT2D eigenvalue weighted by molar-refractivity contribution is 5.99. The van der Waals surface area contributed by atoms with E-state index in [1.54, 1.807) is 0 Å². The standard InChI is InChI=1S/C56H36N6/c1-4-15-41(16-5-1)51-57-52(42-17-6-2-7-18-42)59-54(58-51)45-33-28-40(29-34-45)48-24-12-22-39-30-35-46(36-50(39)48)37-26-31-44(32-27-37)55-60-53(43-19-8-3-9-20-43)61-56(62-55)49-25-13-21-38-14-10-11-23-47(38)49/h1-36H. The molecule has 2 aromatic heterocycles. The molecule has 9 aromatic carbocycles. The van der Waals surface area contributed by atoms with Gasteiger partial charge >= 0.3 is 0 Å². The van der Waals surface area contributed by atoms with Gasteiger partial charge in [0.25, 0.3) is 0 Å². The Bertz CT molecular complexity index is 3310. The molecule has 0 aliphatic carbocycles. The van der Waals surface area contributed by atoms with E-state index < -0.39 is 0 Å². The van der Waals surface area contributed by atoms with Crippen LogP contribution >= 0.6 is 0 Å². The summed E-state index contributed by atoms with van der Waals surface area (Å²) in [5.41, 5.74) is 10.1. The number of benzene rings is 9.